The number of aryl methyl sites for hydroxylation is 2. The Morgan fingerprint density at radius 3 is 2.83 bits per heavy atom. The molecule has 2 amide bonds. The number of nitrogens with one attached hydrogen (secondary N) is 2. The Morgan fingerprint density at radius 2 is 2.17 bits per heavy atom. The van der Waals surface area contributed by atoms with Crippen LogP contribution in [0.25, 0.3) is 5.69 Å². The van der Waals surface area contributed by atoms with Gasteiger partial charge in [0.2, 0.25) is 0 Å². The molecule has 1 fully saturated rings. The zero-order valence-electron chi connectivity index (χ0n) is 14.3. The van der Waals surface area contributed by atoms with Gasteiger partial charge in [0, 0.05) is 11.3 Å². The molecular weight excluding hydrogens is 322 g/mol. The van der Waals surface area contributed by atoms with E-state index in [0.717, 1.165) is 17.9 Å². The van der Waals surface area contributed by atoms with Crippen molar-refractivity contribution in [1.29, 1.82) is 0 Å². The summed E-state index contributed by atoms with van der Waals surface area (Å²) in [5.74, 6) is 2.67. The third-order valence-corrected chi connectivity index (χ3v) is 5.72. The van der Waals surface area contributed by atoms with Crippen molar-refractivity contribution in [2.75, 3.05) is 17.6 Å². The van der Waals surface area contributed by atoms with Crippen LogP contribution in [0.1, 0.15) is 31.4 Å². The molecule has 0 spiro atoms. The predicted molar refractivity (Wildman–Crippen MR) is 98.0 cm³/mol. The normalized spacial score (nSPS) is 20.1. The van der Waals surface area contributed by atoms with Gasteiger partial charge in [0.15, 0.2) is 0 Å². The van der Waals surface area contributed by atoms with Crippen molar-refractivity contribution in [1.82, 2.24) is 20.1 Å². The molecule has 0 radical (unpaired) electrons. The molecule has 3 rings (SSSR count). The highest BCUT2D eigenvalue weighted by Crippen LogP contribution is 2.36. The lowest BCUT2D eigenvalue weighted by Gasteiger charge is -2.23. The van der Waals surface area contributed by atoms with E-state index in [1.807, 2.05) is 49.9 Å². The van der Waals surface area contributed by atoms with E-state index in [0.29, 0.717) is 18.1 Å². The van der Waals surface area contributed by atoms with Gasteiger partial charge in [-0.15, -0.1) is 0 Å². The van der Waals surface area contributed by atoms with Gasteiger partial charge in [0.25, 0.3) is 0 Å². The van der Waals surface area contributed by atoms with Crippen molar-refractivity contribution in [2.45, 2.75) is 38.4 Å². The smallest absolute Gasteiger partial charge is 0.319 e. The van der Waals surface area contributed by atoms with Crippen LogP contribution >= 0.6 is 11.8 Å². The molecule has 0 bridgehead atoms. The number of rotatable bonds is 4. The van der Waals surface area contributed by atoms with Crippen molar-refractivity contribution < 1.29 is 4.79 Å². The van der Waals surface area contributed by atoms with Gasteiger partial charge in [-0.2, -0.15) is 16.9 Å². The number of urea groups is 1. The van der Waals surface area contributed by atoms with Crippen LogP contribution in [0.15, 0.2) is 24.3 Å². The van der Waals surface area contributed by atoms with Crippen LogP contribution in [0, 0.1) is 13.8 Å². The summed E-state index contributed by atoms with van der Waals surface area (Å²) in [5.41, 5.74) is 1.53. The number of carbonyl (C=O) groups excluding carboxylic acids is 1. The maximum Gasteiger partial charge on any atom is 0.319 e. The first-order valence-corrected chi connectivity index (χ1v) is 9.14. The van der Waals surface area contributed by atoms with E-state index >= 15 is 0 Å². The number of aromatic nitrogens is 3. The topological polar surface area (TPSA) is 71.8 Å². The molecular formula is C17H23N5OS. The quantitative estimate of drug-likeness (QED) is 0.892. The van der Waals surface area contributed by atoms with Gasteiger partial charge < -0.3 is 10.6 Å². The van der Waals surface area contributed by atoms with E-state index < -0.39 is 0 Å². The molecule has 128 valence electrons. The van der Waals surface area contributed by atoms with E-state index in [2.05, 4.69) is 27.6 Å². The highest BCUT2D eigenvalue weighted by molar-refractivity contribution is 8.00. The van der Waals surface area contributed by atoms with Gasteiger partial charge in [-0.3, -0.25) is 0 Å². The molecule has 0 aliphatic carbocycles. The van der Waals surface area contributed by atoms with Crippen LogP contribution in [0.3, 0.4) is 0 Å². The Balaban J connectivity index is 1.71. The molecule has 2 aromatic rings. The van der Waals surface area contributed by atoms with Crippen LogP contribution in [0.4, 0.5) is 10.5 Å². The molecule has 2 N–H and O–H groups in total. The second-order valence-corrected chi connectivity index (χ2v) is 8.03. The summed E-state index contributed by atoms with van der Waals surface area (Å²) < 4.78 is 1.90. The van der Waals surface area contributed by atoms with Crippen molar-refractivity contribution >= 4 is 23.5 Å². The van der Waals surface area contributed by atoms with Gasteiger partial charge in [-0.25, -0.2) is 14.5 Å². The van der Waals surface area contributed by atoms with Crippen molar-refractivity contribution in [3.8, 4) is 5.69 Å². The molecule has 1 aromatic heterocycles. The maximum absolute atomic E-state index is 12.3. The van der Waals surface area contributed by atoms with E-state index in [9.17, 15) is 4.79 Å². The number of benzene rings is 1. The summed E-state index contributed by atoms with van der Waals surface area (Å²) >= 11 is 1.93. The molecule has 1 aromatic carbocycles. The second-order valence-electron chi connectivity index (χ2n) is 6.34. The summed E-state index contributed by atoms with van der Waals surface area (Å²) in [5, 5.41) is 10.3. The molecule has 24 heavy (non-hydrogen) atoms. The lowest BCUT2D eigenvalue weighted by molar-refractivity contribution is 0.251. The van der Waals surface area contributed by atoms with Gasteiger partial charge in [0.1, 0.15) is 11.6 Å². The summed E-state index contributed by atoms with van der Waals surface area (Å²) in [6.07, 6.45) is 2.37. The SMILES string of the molecule is Cc1nc(C)n(-c2ccccc2NC(=O)NCC2(C)CCCS2)n1. The molecule has 1 aliphatic heterocycles. The first-order valence-electron chi connectivity index (χ1n) is 8.15. The third-order valence-electron chi connectivity index (χ3n) is 4.18. The average Bonchev–Trinajstić information content (AvgIpc) is 3.12. The molecule has 6 nitrogen and oxygen atoms in total. The number of nitrogens with zero attached hydrogens (tertiary/aromatic N) is 3. The van der Waals surface area contributed by atoms with Crippen LogP contribution in [0.5, 0.6) is 0 Å². The van der Waals surface area contributed by atoms with Gasteiger partial charge in [-0.1, -0.05) is 12.1 Å². The van der Waals surface area contributed by atoms with Gasteiger partial charge in [0.05, 0.1) is 11.4 Å². The lowest BCUT2D eigenvalue weighted by atomic mass is 10.1. The number of hydrogen-bond donors (Lipinski definition) is 2. The van der Waals surface area contributed by atoms with Crippen molar-refractivity contribution in [2.24, 2.45) is 0 Å². The Bertz CT molecular complexity index is 736. The van der Waals surface area contributed by atoms with Crippen LogP contribution in [-0.2, 0) is 0 Å². The fraction of sp³-hybridized carbons (Fsp3) is 0.471. The Hall–Kier alpha value is -2.02. The largest absolute Gasteiger partial charge is 0.336 e. The number of carbonyl (C=O) groups is 1. The Morgan fingerprint density at radius 1 is 1.38 bits per heavy atom. The monoisotopic (exact) mass is 345 g/mol. The van der Waals surface area contributed by atoms with E-state index in [-0.39, 0.29) is 10.8 Å². The van der Waals surface area contributed by atoms with E-state index in [4.69, 9.17) is 0 Å². The number of para-hydroxylation sites is 2. The molecule has 7 heteroatoms. The zero-order chi connectivity index (χ0) is 17.2. The summed E-state index contributed by atoms with van der Waals surface area (Å²) in [6.45, 7) is 6.63. The molecule has 1 unspecified atom stereocenters. The second kappa shape index (κ2) is 6.84. The highest BCUT2D eigenvalue weighted by Gasteiger charge is 2.29. The Kier molecular flexibility index (Phi) is 4.80. The maximum atomic E-state index is 12.3. The molecule has 1 atom stereocenters. The van der Waals surface area contributed by atoms with Crippen LogP contribution < -0.4 is 10.6 Å². The Labute approximate surface area is 146 Å². The fourth-order valence-electron chi connectivity index (χ4n) is 2.92. The van der Waals surface area contributed by atoms with Crippen LogP contribution in [0.2, 0.25) is 0 Å². The number of anilines is 1. The molecule has 0 saturated carbocycles. The fourth-order valence-corrected chi connectivity index (χ4v) is 4.17. The van der Waals surface area contributed by atoms with E-state index in [1.54, 1.807) is 4.68 Å². The van der Waals surface area contributed by atoms with Crippen molar-refractivity contribution in [3.63, 3.8) is 0 Å². The number of hydrogen-bond acceptors (Lipinski definition) is 4. The molecule has 1 aliphatic rings. The average molecular weight is 345 g/mol. The number of thioether (sulfide) groups is 1. The minimum absolute atomic E-state index is 0.149. The third kappa shape index (κ3) is 3.72. The first-order chi connectivity index (χ1) is 11.5. The summed E-state index contributed by atoms with van der Waals surface area (Å²) in [6, 6.07) is 7.42. The minimum Gasteiger partial charge on any atom is -0.336 e. The number of amides is 2. The van der Waals surface area contributed by atoms with E-state index in [1.165, 1.54) is 12.2 Å². The minimum atomic E-state index is -0.189. The molecule has 2 heterocycles. The zero-order valence-corrected chi connectivity index (χ0v) is 15.1. The van der Waals surface area contributed by atoms with Crippen molar-refractivity contribution in [3.05, 3.63) is 35.9 Å². The predicted octanol–water partition coefficient (Wildman–Crippen LogP) is 3.29. The lowest BCUT2D eigenvalue weighted by Crippen LogP contribution is -2.39. The summed E-state index contributed by atoms with van der Waals surface area (Å²) in [7, 11) is 0. The van der Waals surface area contributed by atoms with Crippen LogP contribution in [-0.4, -0.2) is 37.8 Å². The standard InChI is InChI=1S/C17H23N5OS/c1-12-19-13(2)22(21-12)15-8-5-4-7-14(15)20-16(23)18-11-17(3)9-6-10-24-17/h4-5,7-8H,6,9-11H2,1-3H3,(H2,18,20,23). The molecule has 1 saturated heterocycles. The van der Waals surface area contributed by atoms with Gasteiger partial charge in [-0.05, 0) is 51.5 Å². The first kappa shape index (κ1) is 16.8. The summed E-state index contributed by atoms with van der Waals surface area (Å²) in [4.78, 5) is 16.6. The highest BCUT2D eigenvalue weighted by atomic mass is 32.2. The van der Waals surface area contributed by atoms with Gasteiger partial charge >= 0.3 is 6.03 Å².